The van der Waals surface area contributed by atoms with Gasteiger partial charge in [-0.25, -0.2) is 0 Å². The van der Waals surface area contributed by atoms with Crippen LogP contribution in [0.25, 0.3) is 0 Å². The third-order valence-corrected chi connectivity index (χ3v) is 6.54. The number of allylic oxidation sites excluding steroid dienone is 15. The van der Waals surface area contributed by atoms with Crippen LogP contribution in [-0.2, 0) is 14.3 Å². The number of esters is 1. The van der Waals surface area contributed by atoms with E-state index in [-0.39, 0.29) is 18.5 Å². The van der Waals surface area contributed by atoms with Crippen LogP contribution in [-0.4, -0.2) is 23.1 Å². The summed E-state index contributed by atoms with van der Waals surface area (Å²) in [5.41, 5.74) is 0. The van der Waals surface area contributed by atoms with E-state index in [1.54, 1.807) is 0 Å². The molecular formula is C39H60O4. The van der Waals surface area contributed by atoms with E-state index < -0.39 is 5.97 Å². The molecule has 0 amide bonds. The highest BCUT2D eigenvalue weighted by atomic mass is 16.5. The number of aliphatic carboxylic acids is 1. The highest BCUT2D eigenvalue weighted by molar-refractivity contribution is 5.69. The van der Waals surface area contributed by atoms with Crippen molar-refractivity contribution < 1.29 is 19.4 Å². The molecule has 0 aliphatic carbocycles. The van der Waals surface area contributed by atoms with Gasteiger partial charge in [0, 0.05) is 12.8 Å². The van der Waals surface area contributed by atoms with E-state index in [0.717, 1.165) is 77.0 Å². The number of carboxylic acid groups (broad SMARTS) is 1. The van der Waals surface area contributed by atoms with Crippen molar-refractivity contribution in [1.82, 2.24) is 0 Å². The standard InChI is InChI=1S/C39H60O4/c1-3-5-7-9-11-12-13-14-15-16-17-18-19-20-21-22-24-26-32-36-39(42)43-37(33-29-25-23-10-8-6-4-2)34-30-27-28-31-35-38(40)41/h5,7,10-12,14-15,17-18,20-21,23-24,26,29,33,37H,3-4,6,8-9,13,16,19,22,25,27-28,30-32,34-36H2,1-2H3,(H,40,41)/b7-5-,12-11-,15-14-,18-17-,21-20-,23-10-,26-24-,33-29-. The number of hydrogen-bond donors (Lipinski definition) is 1. The zero-order chi connectivity index (χ0) is 31.5. The minimum absolute atomic E-state index is 0.168. The van der Waals surface area contributed by atoms with Crippen LogP contribution in [0.3, 0.4) is 0 Å². The van der Waals surface area contributed by atoms with Crippen LogP contribution in [0.2, 0.25) is 0 Å². The van der Waals surface area contributed by atoms with E-state index in [1.165, 1.54) is 12.8 Å². The van der Waals surface area contributed by atoms with Crippen LogP contribution in [0.15, 0.2) is 97.2 Å². The van der Waals surface area contributed by atoms with Gasteiger partial charge >= 0.3 is 11.9 Å². The van der Waals surface area contributed by atoms with Gasteiger partial charge in [-0.3, -0.25) is 9.59 Å². The average molecular weight is 593 g/mol. The van der Waals surface area contributed by atoms with Crippen molar-refractivity contribution in [3.63, 3.8) is 0 Å². The Balaban J connectivity index is 4.21. The first-order valence-corrected chi connectivity index (χ1v) is 16.7. The molecule has 0 fully saturated rings. The second-order valence-electron chi connectivity index (χ2n) is 10.6. The van der Waals surface area contributed by atoms with Crippen LogP contribution in [0.4, 0.5) is 0 Å². The van der Waals surface area contributed by atoms with E-state index in [1.807, 2.05) is 6.08 Å². The maximum Gasteiger partial charge on any atom is 0.306 e. The Kier molecular flexibility index (Phi) is 30.9. The van der Waals surface area contributed by atoms with Crippen molar-refractivity contribution in [2.24, 2.45) is 0 Å². The second kappa shape index (κ2) is 33.4. The molecular weight excluding hydrogens is 532 g/mol. The third kappa shape index (κ3) is 33.2. The molecule has 4 heteroatoms. The predicted molar refractivity (Wildman–Crippen MR) is 185 cm³/mol. The van der Waals surface area contributed by atoms with Gasteiger partial charge in [0.15, 0.2) is 0 Å². The number of rotatable bonds is 28. The fourth-order valence-electron chi connectivity index (χ4n) is 4.08. The molecule has 1 N–H and O–H groups in total. The lowest BCUT2D eigenvalue weighted by Crippen LogP contribution is -2.16. The predicted octanol–water partition coefficient (Wildman–Crippen LogP) is 11.5. The summed E-state index contributed by atoms with van der Waals surface area (Å²) < 4.78 is 5.77. The summed E-state index contributed by atoms with van der Waals surface area (Å²) in [7, 11) is 0. The number of carboxylic acids is 1. The zero-order valence-electron chi connectivity index (χ0n) is 27.2. The molecule has 0 bridgehead atoms. The molecule has 0 saturated carbocycles. The third-order valence-electron chi connectivity index (χ3n) is 6.54. The van der Waals surface area contributed by atoms with Gasteiger partial charge < -0.3 is 9.84 Å². The molecule has 4 nitrogen and oxygen atoms in total. The molecule has 0 aromatic carbocycles. The van der Waals surface area contributed by atoms with E-state index >= 15 is 0 Å². The quantitative estimate of drug-likeness (QED) is 0.0557. The summed E-state index contributed by atoms with van der Waals surface area (Å²) in [6.07, 6.45) is 50.1. The molecule has 1 atom stereocenters. The summed E-state index contributed by atoms with van der Waals surface area (Å²) in [5.74, 6) is -0.910. The first-order valence-electron chi connectivity index (χ1n) is 16.7. The molecule has 1 unspecified atom stereocenters. The summed E-state index contributed by atoms with van der Waals surface area (Å²) in [4.78, 5) is 23.1. The van der Waals surface area contributed by atoms with Crippen LogP contribution in [0.1, 0.15) is 129 Å². The topological polar surface area (TPSA) is 63.6 Å². The number of carbonyl (C=O) groups is 2. The van der Waals surface area contributed by atoms with E-state index in [9.17, 15) is 9.59 Å². The molecule has 0 aromatic heterocycles. The smallest absolute Gasteiger partial charge is 0.306 e. The van der Waals surface area contributed by atoms with E-state index in [0.29, 0.717) is 19.3 Å². The fraction of sp³-hybridized carbons (Fsp3) is 0.538. The Morgan fingerprint density at radius 2 is 1.05 bits per heavy atom. The van der Waals surface area contributed by atoms with Gasteiger partial charge in [0.1, 0.15) is 6.10 Å². The van der Waals surface area contributed by atoms with Crippen molar-refractivity contribution >= 4 is 11.9 Å². The molecule has 0 aliphatic rings. The highest BCUT2D eigenvalue weighted by Crippen LogP contribution is 2.13. The molecule has 0 rings (SSSR count). The maximum absolute atomic E-state index is 12.5. The molecule has 0 heterocycles. The van der Waals surface area contributed by atoms with Gasteiger partial charge in [0.25, 0.3) is 0 Å². The Labute approximate surface area is 263 Å². The molecule has 0 spiro atoms. The molecule has 0 aromatic rings. The average Bonchev–Trinajstić information content (AvgIpc) is 2.99. The lowest BCUT2D eigenvalue weighted by molar-refractivity contribution is -0.147. The molecule has 43 heavy (non-hydrogen) atoms. The van der Waals surface area contributed by atoms with Crippen molar-refractivity contribution in [2.75, 3.05) is 0 Å². The Bertz CT molecular complexity index is 898. The molecule has 0 aliphatic heterocycles. The minimum Gasteiger partial charge on any atom is -0.481 e. The van der Waals surface area contributed by atoms with Crippen LogP contribution in [0, 0.1) is 0 Å². The van der Waals surface area contributed by atoms with Gasteiger partial charge in [-0.15, -0.1) is 0 Å². The maximum atomic E-state index is 12.5. The monoisotopic (exact) mass is 592 g/mol. The van der Waals surface area contributed by atoms with Gasteiger partial charge in [-0.1, -0.05) is 131 Å². The largest absolute Gasteiger partial charge is 0.481 e. The Morgan fingerprint density at radius 1 is 0.558 bits per heavy atom. The van der Waals surface area contributed by atoms with Crippen molar-refractivity contribution in [3.8, 4) is 0 Å². The lowest BCUT2D eigenvalue weighted by atomic mass is 10.1. The number of hydrogen-bond acceptors (Lipinski definition) is 3. The van der Waals surface area contributed by atoms with Crippen LogP contribution >= 0.6 is 0 Å². The van der Waals surface area contributed by atoms with Crippen LogP contribution < -0.4 is 0 Å². The lowest BCUT2D eigenvalue weighted by Gasteiger charge is -2.14. The molecule has 240 valence electrons. The van der Waals surface area contributed by atoms with Crippen molar-refractivity contribution in [3.05, 3.63) is 97.2 Å². The van der Waals surface area contributed by atoms with Gasteiger partial charge in [-0.2, -0.15) is 0 Å². The van der Waals surface area contributed by atoms with Gasteiger partial charge in [0.05, 0.1) is 0 Å². The SMILES string of the molecule is CC/C=C\C/C=C\C/C=C\C/C=C\C/C=C\C/C=C\CCC(=O)OC(/C=C\C/C=C\CCCC)CCCCCCC(=O)O. The Hall–Kier alpha value is -3.14. The van der Waals surface area contributed by atoms with Crippen molar-refractivity contribution in [2.45, 2.75) is 136 Å². The minimum atomic E-state index is -0.742. The molecule has 0 radical (unpaired) electrons. The van der Waals surface area contributed by atoms with E-state index in [4.69, 9.17) is 9.84 Å². The number of carbonyl (C=O) groups excluding carboxylic acids is 1. The highest BCUT2D eigenvalue weighted by Gasteiger charge is 2.11. The summed E-state index contributed by atoms with van der Waals surface area (Å²) in [6.45, 7) is 4.34. The zero-order valence-corrected chi connectivity index (χ0v) is 27.2. The normalized spacial score (nSPS) is 13.5. The van der Waals surface area contributed by atoms with Gasteiger partial charge in [0.2, 0.25) is 0 Å². The van der Waals surface area contributed by atoms with Crippen molar-refractivity contribution in [1.29, 1.82) is 0 Å². The van der Waals surface area contributed by atoms with Gasteiger partial charge in [-0.05, 0) is 83.1 Å². The summed E-state index contributed by atoms with van der Waals surface area (Å²) >= 11 is 0. The number of ether oxygens (including phenoxy) is 1. The fourth-order valence-corrected chi connectivity index (χ4v) is 4.08. The first kappa shape index (κ1) is 39.9. The summed E-state index contributed by atoms with van der Waals surface area (Å²) in [6, 6.07) is 0. The first-order chi connectivity index (χ1) is 21.1. The molecule has 0 saturated heterocycles. The Morgan fingerprint density at radius 3 is 1.58 bits per heavy atom. The second-order valence-corrected chi connectivity index (χ2v) is 10.6. The summed E-state index contributed by atoms with van der Waals surface area (Å²) in [5, 5.41) is 8.78. The van der Waals surface area contributed by atoms with E-state index in [2.05, 4.69) is 105 Å². The van der Waals surface area contributed by atoms with Crippen LogP contribution in [0.5, 0.6) is 0 Å². The number of unbranched alkanes of at least 4 members (excludes halogenated alkanes) is 5.